The molecule has 0 fully saturated rings. The Morgan fingerprint density at radius 3 is 2.71 bits per heavy atom. The number of hydrogen-bond donors (Lipinski definition) is 1. The van der Waals surface area contributed by atoms with E-state index in [1.54, 1.807) is 19.3 Å². The highest BCUT2D eigenvalue weighted by Crippen LogP contribution is 2.24. The number of likely N-dealkylation sites (N-methyl/N-ethyl adjacent to an activating group) is 1. The molecule has 1 unspecified atom stereocenters. The number of aliphatic hydroxyl groups excluding tert-OH is 1. The number of carbonyl (C=O) groups is 1. The fraction of sp³-hybridized carbons (Fsp3) is 0.500. The fourth-order valence-corrected chi connectivity index (χ4v) is 2.56. The van der Waals surface area contributed by atoms with Crippen LogP contribution in [0.15, 0.2) is 29.0 Å². The largest absolute Gasteiger partial charge is 0.444 e. The molecule has 0 spiro atoms. The van der Waals surface area contributed by atoms with E-state index < -0.39 is 0 Å². The number of aryl methyl sites for hydroxylation is 1. The fourth-order valence-electron chi connectivity index (χ4n) is 2.56. The van der Waals surface area contributed by atoms with Gasteiger partial charge in [0.1, 0.15) is 6.26 Å². The van der Waals surface area contributed by atoms with Crippen molar-refractivity contribution >= 4 is 5.91 Å². The first-order chi connectivity index (χ1) is 11.2. The summed E-state index contributed by atoms with van der Waals surface area (Å²) in [5.41, 5.74) is 1.86. The summed E-state index contributed by atoms with van der Waals surface area (Å²) >= 11 is 0. The Labute approximate surface area is 142 Å². The van der Waals surface area contributed by atoms with Crippen molar-refractivity contribution < 1.29 is 14.3 Å². The maximum atomic E-state index is 12.6. The molecule has 0 aliphatic heterocycles. The van der Waals surface area contributed by atoms with Gasteiger partial charge in [0.05, 0.1) is 12.6 Å². The zero-order chi connectivity index (χ0) is 17.9. The van der Waals surface area contributed by atoms with Crippen LogP contribution in [0.4, 0.5) is 0 Å². The third kappa shape index (κ3) is 4.41. The Morgan fingerprint density at radius 2 is 2.12 bits per heavy atom. The minimum Gasteiger partial charge on any atom is -0.444 e. The van der Waals surface area contributed by atoms with Crippen molar-refractivity contribution in [3.8, 4) is 11.5 Å². The molecular formula is C18H25N3O3. The zero-order valence-electron chi connectivity index (χ0n) is 14.9. The van der Waals surface area contributed by atoms with Crippen molar-refractivity contribution in [1.82, 2.24) is 14.9 Å². The molecule has 0 aliphatic carbocycles. The van der Waals surface area contributed by atoms with Crippen LogP contribution in [0, 0.1) is 12.3 Å². The smallest absolute Gasteiger partial charge is 0.275 e. The number of nitrogens with zero attached hydrogens (tertiary/aromatic N) is 3. The van der Waals surface area contributed by atoms with Gasteiger partial charge in [-0.2, -0.15) is 0 Å². The molecule has 6 nitrogen and oxygen atoms in total. The summed E-state index contributed by atoms with van der Waals surface area (Å²) in [5.74, 6) is 0.118. The maximum absolute atomic E-state index is 12.6. The monoisotopic (exact) mass is 331 g/mol. The third-order valence-electron chi connectivity index (χ3n) is 3.79. The van der Waals surface area contributed by atoms with Crippen molar-refractivity contribution in [2.24, 2.45) is 5.41 Å². The zero-order valence-corrected chi connectivity index (χ0v) is 14.9. The van der Waals surface area contributed by atoms with Gasteiger partial charge >= 0.3 is 0 Å². The first kappa shape index (κ1) is 18.1. The molecular weight excluding hydrogens is 306 g/mol. The first-order valence-corrected chi connectivity index (χ1v) is 7.98. The van der Waals surface area contributed by atoms with Crippen LogP contribution >= 0.6 is 0 Å². The summed E-state index contributed by atoms with van der Waals surface area (Å²) in [5, 5.41) is 9.62. The van der Waals surface area contributed by atoms with Crippen LogP contribution in [0.25, 0.3) is 11.5 Å². The number of aliphatic hydroxyl groups is 1. The molecule has 0 saturated heterocycles. The van der Waals surface area contributed by atoms with Gasteiger partial charge in [0.2, 0.25) is 5.89 Å². The van der Waals surface area contributed by atoms with Gasteiger partial charge in [-0.1, -0.05) is 20.8 Å². The van der Waals surface area contributed by atoms with E-state index in [1.165, 1.54) is 11.2 Å². The number of amides is 1. The summed E-state index contributed by atoms with van der Waals surface area (Å²) in [6, 6.07) is 3.37. The SMILES string of the molecule is Cc1cc(-c2nc(C(=O)N(C)C(CO)CC(C)(C)C)co2)ccn1. The van der Waals surface area contributed by atoms with Gasteiger partial charge < -0.3 is 14.4 Å². The molecule has 0 radical (unpaired) electrons. The van der Waals surface area contributed by atoms with E-state index in [0.717, 1.165) is 11.3 Å². The number of rotatable bonds is 5. The van der Waals surface area contributed by atoms with Gasteiger partial charge in [0.25, 0.3) is 5.91 Å². The molecule has 2 aromatic heterocycles. The van der Waals surface area contributed by atoms with E-state index in [1.807, 2.05) is 13.0 Å². The molecule has 1 amide bonds. The molecule has 0 bridgehead atoms. The molecule has 0 saturated carbocycles. The van der Waals surface area contributed by atoms with E-state index in [2.05, 4.69) is 30.7 Å². The Balaban J connectivity index is 2.18. The number of oxazole rings is 1. The van der Waals surface area contributed by atoms with E-state index in [0.29, 0.717) is 12.3 Å². The topological polar surface area (TPSA) is 79.5 Å². The van der Waals surface area contributed by atoms with E-state index >= 15 is 0 Å². The second-order valence-electron chi connectivity index (χ2n) is 7.24. The second-order valence-corrected chi connectivity index (χ2v) is 7.24. The molecule has 2 rings (SSSR count). The molecule has 2 aromatic rings. The number of pyridine rings is 1. The Bertz CT molecular complexity index is 704. The van der Waals surface area contributed by atoms with Crippen molar-refractivity contribution in [1.29, 1.82) is 0 Å². The minimum absolute atomic E-state index is 0.00544. The van der Waals surface area contributed by atoms with Crippen LogP contribution in [0.2, 0.25) is 0 Å². The number of carbonyl (C=O) groups excluding carboxylic acids is 1. The quantitative estimate of drug-likeness (QED) is 0.911. The van der Waals surface area contributed by atoms with Crippen molar-refractivity contribution in [2.45, 2.75) is 40.2 Å². The Hall–Kier alpha value is -2.21. The number of hydrogen-bond acceptors (Lipinski definition) is 5. The van der Waals surface area contributed by atoms with Crippen LogP contribution in [0.3, 0.4) is 0 Å². The second kappa shape index (κ2) is 7.13. The van der Waals surface area contributed by atoms with Crippen molar-refractivity contribution in [3.05, 3.63) is 36.0 Å². The predicted molar refractivity (Wildman–Crippen MR) is 91.5 cm³/mol. The van der Waals surface area contributed by atoms with Crippen LogP contribution in [0.5, 0.6) is 0 Å². The third-order valence-corrected chi connectivity index (χ3v) is 3.79. The summed E-state index contributed by atoms with van der Waals surface area (Å²) in [4.78, 5) is 22.6. The molecule has 1 N–H and O–H groups in total. The molecule has 6 heteroatoms. The van der Waals surface area contributed by atoms with Crippen LogP contribution < -0.4 is 0 Å². The lowest BCUT2D eigenvalue weighted by Crippen LogP contribution is -2.41. The van der Waals surface area contributed by atoms with Gasteiger partial charge in [-0.25, -0.2) is 4.98 Å². The summed E-state index contributed by atoms with van der Waals surface area (Å²) in [6.45, 7) is 8.02. The Morgan fingerprint density at radius 1 is 1.42 bits per heavy atom. The Kier molecular flexibility index (Phi) is 5.39. The number of aromatic nitrogens is 2. The summed E-state index contributed by atoms with van der Waals surface area (Å²) in [6.07, 6.45) is 3.73. The lowest BCUT2D eigenvalue weighted by atomic mass is 9.88. The molecule has 24 heavy (non-hydrogen) atoms. The van der Waals surface area contributed by atoms with Gasteiger partial charge in [-0.3, -0.25) is 9.78 Å². The lowest BCUT2D eigenvalue weighted by molar-refractivity contribution is 0.0588. The summed E-state index contributed by atoms with van der Waals surface area (Å²) in [7, 11) is 1.68. The van der Waals surface area contributed by atoms with E-state index in [9.17, 15) is 9.90 Å². The highest BCUT2D eigenvalue weighted by atomic mass is 16.3. The van der Waals surface area contributed by atoms with Gasteiger partial charge in [0, 0.05) is 24.5 Å². The molecule has 2 heterocycles. The molecule has 130 valence electrons. The van der Waals surface area contributed by atoms with E-state index in [-0.39, 0.29) is 29.7 Å². The predicted octanol–water partition coefficient (Wildman–Crippen LogP) is 2.91. The maximum Gasteiger partial charge on any atom is 0.275 e. The van der Waals surface area contributed by atoms with Crippen molar-refractivity contribution in [2.75, 3.05) is 13.7 Å². The average Bonchev–Trinajstić information content (AvgIpc) is 3.00. The summed E-state index contributed by atoms with van der Waals surface area (Å²) < 4.78 is 5.44. The average molecular weight is 331 g/mol. The highest BCUT2D eigenvalue weighted by Gasteiger charge is 2.27. The van der Waals surface area contributed by atoms with Gasteiger partial charge in [0.15, 0.2) is 5.69 Å². The molecule has 0 aliphatic rings. The minimum atomic E-state index is -0.265. The van der Waals surface area contributed by atoms with Crippen LogP contribution in [-0.2, 0) is 0 Å². The van der Waals surface area contributed by atoms with E-state index in [4.69, 9.17) is 4.42 Å². The highest BCUT2D eigenvalue weighted by molar-refractivity contribution is 5.92. The first-order valence-electron chi connectivity index (χ1n) is 7.98. The molecule has 0 aromatic carbocycles. The lowest BCUT2D eigenvalue weighted by Gasteiger charge is -2.31. The normalized spacial score (nSPS) is 12.9. The van der Waals surface area contributed by atoms with Gasteiger partial charge in [-0.05, 0) is 30.9 Å². The molecule has 1 atom stereocenters. The van der Waals surface area contributed by atoms with Gasteiger partial charge in [-0.15, -0.1) is 0 Å². The van der Waals surface area contributed by atoms with Crippen LogP contribution in [0.1, 0.15) is 43.4 Å². The van der Waals surface area contributed by atoms with Crippen LogP contribution in [-0.4, -0.2) is 45.6 Å². The van der Waals surface area contributed by atoms with Crippen molar-refractivity contribution in [3.63, 3.8) is 0 Å². The standard InChI is InChI=1S/C18H25N3O3/c1-12-8-13(6-7-19-12)16-20-15(11-24-16)17(23)21(5)14(10-22)9-18(2,3)4/h6-8,11,14,22H,9-10H2,1-5H3.